The predicted molar refractivity (Wildman–Crippen MR) is 124 cm³/mol. The first-order valence-electron chi connectivity index (χ1n) is 10.6. The summed E-state index contributed by atoms with van der Waals surface area (Å²) < 4.78 is 1.96. The van der Waals surface area contributed by atoms with Crippen molar-refractivity contribution in [1.29, 1.82) is 0 Å². The highest BCUT2D eigenvalue weighted by molar-refractivity contribution is 5.76. The third-order valence-electron chi connectivity index (χ3n) is 6.29. The highest BCUT2D eigenvalue weighted by Gasteiger charge is 2.22. The number of piperazine rings is 1. The molecular weight excluding hydrogens is 370 g/mol. The van der Waals surface area contributed by atoms with Crippen LogP contribution in [-0.2, 0) is 0 Å². The highest BCUT2D eigenvalue weighted by Crippen LogP contribution is 2.29. The van der Waals surface area contributed by atoms with Crippen LogP contribution >= 0.6 is 0 Å². The topological polar surface area (TPSA) is 36.7 Å². The van der Waals surface area contributed by atoms with Crippen LogP contribution in [0.1, 0.15) is 16.7 Å². The molecule has 0 atom stereocenters. The molecule has 0 spiro atoms. The Labute approximate surface area is 177 Å². The molecule has 0 amide bonds. The standard InChI is InChI=1S/C25H27N5/c1-18-8-6-10-23(20(18)3)28-13-15-29(16-14-28)25-24-17-22(27-30(24)12-11-26-25)21-9-5-4-7-19(21)2/h4-12,17H,13-16H2,1-3H3. The van der Waals surface area contributed by atoms with E-state index in [-0.39, 0.29) is 0 Å². The third-order valence-corrected chi connectivity index (χ3v) is 6.29. The first-order valence-corrected chi connectivity index (χ1v) is 10.6. The van der Waals surface area contributed by atoms with E-state index in [0.717, 1.165) is 43.2 Å². The van der Waals surface area contributed by atoms with Gasteiger partial charge in [-0.1, -0.05) is 36.4 Å². The largest absolute Gasteiger partial charge is 0.368 e. The molecule has 152 valence electrons. The fraction of sp³-hybridized carbons (Fsp3) is 0.280. The molecule has 0 radical (unpaired) electrons. The molecule has 30 heavy (non-hydrogen) atoms. The number of aromatic nitrogens is 3. The lowest BCUT2D eigenvalue weighted by atomic mass is 10.1. The van der Waals surface area contributed by atoms with Crippen LogP contribution in [0.3, 0.4) is 0 Å². The maximum atomic E-state index is 4.82. The zero-order valence-electron chi connectivity index (χ0n) is 17.8. The number of nitrogens with zero attached hydrogens (tertiary/aromatic N) is 5. The van der Waals surface area contributed by atoms with Gasteiger partial charge in [0.25, 0.3) is 0 Å². The van der Waals surface area contributed by atoms with Crippen LogP contribution in [0, 0.1) is 20.8 Å². The molecule has 2 aromatic carbocycles. The van der Waals surface area contributed by atoms with Crippen molar-refractivity contribution in [2.75, 3.05) is 36.0 Å². The molecule has 0 bridgehead atoms. The maximum Gasteiger partial charge on any atom is 0.154 e. The molecule has 0 unspecified atom stereocenters. The Morgan fingerprint density at radius 2 is 1.53 bits per heavy atom. The normalized spacial score (nSPS) is 14.5. The van der Waals surface area contributed by atoms with Gasteiger partial charge in [-0.3, -0.25) is 0 Å². The van der Waals surface area contributed by atoms with Gasteiger partial charge in [0.2, 0.25) is 0 Å². The average molecular weight is 398 g/mol. The van der Waals surface area contributed by atoms with Crippen molar-refractivity contribution in [2.24, 2.45) is 0 Å². The molecule has 1 aliphatic heterocycles. The minimum absolute atomic E-state index is 0.949. The average Bonchev–Trinajstić information content (AvgIpc) is 3.20. The van der Waals surface area contributed by atoms with Gasteiger partial charge >= 0.3 is 0 Å². The lowest BCUT2D eigenvalue weighted by molar-refractivity contribution is 0.646. The number of hydrogen-bond acceptors (Lipinski definition) is 4. The zero-order valence-corrected chi connectivity index (χ0v) is 17.8. The maximum absolute atomic E-state index is 4.82. The van der Waals surface area contributed by atoms with E-state index in [4.69, 9.17) is 10.1 Å². The number of anilines is 2. The monoisotopic (exact) mass is 397 g/mol. The molecule has 1 saturated heterocycles. The summed E-state index contributed by atoms with van der Waals surface area (Å²) in [7, 11) is 0. The lowest BCUT2D eigenvalue weighted by Gasteiger charge is -2.37. The molecule has 5 nitrogen and oxygen atoms in total. The van der Waals surface area contributed by atoms with Gasteiger partial charge < -0.3 is 9.80 Å². The van der Waals surface area contributed by atoms with E-state index >= 15 is 0 Å². The van der Waals surface area contributed by atoms with Crippen LogP contribution in [-0.4, -0.2) is 40.8 Å². The summed E-state index contributed by atoms with van der Waals surface area (Å²) in [5.74, 6) is 1.02. The fourth-order valence-corrected chi connectivity index (χ4v) is 4.38. The van der Waals surface area contributed by atoms with Gasteiger partial charge in [-0.2, -0.15) is 5.10 Å². The summed E-state index contributed by atoms with van der Waals surface area (Å²) in [4.78, 5) is 9.62. The van der Waals surface area contributed by atoms with E-state index in [0.29, 0.717) is 0 Å². The van der Waals surface area contributed by atoms with Crippen molar-refractivity contribution >= 4 is 17.0 Å². The van der Waals surface area contributed by atoms with Crippen LogP contribution in [0.25, 0.3) is 16.8 Å². The van der Waals surface area contributed by atoms with Crippen molar-refractivity contribution in [3.05, 3.63) is 77.6 Å². The molecular formula is C25H27N5. The van der Waals surface area contributed by atoms with E-state index in [1.165, 1.54) is 27.9 Å². The molecule has 5 rings (SSSR count). The molecule has 1 aliphatic rings. The number of rotatable bonds is 3. The van der Waals surface area contributed by atoms with Crippen molar-refractivity contribution < 1.29 is 0 Å². The Bertz CT molecular complexity index is 1200. The number of benzene rings is 2. The van der Waals surface area contributed by atoms with Crippen molar-refractivity contribution in [2.45, 2.75) is 20.8 Å². The molecule has 2 aromatic heterocycles. The van der Waals surface area contributed by atoms with E-state index in [1.807, 2.05) is 16.9 Å². The molecule has 3 heterocycles. The summed E-state index contributed by atoms with van der Waals surface area (Å²) in [6.07, 6.45) is 3.79. The van der Waals surface area contributed by atoms with Crippen LogP contribution < -0.4 is 9.80 Å². The zero-order chi connectivity index (χ0) is 20.7. The minimum atomic E-state index is 0.949. The SMILES string of the molecule is Cc1ccccc1-c1cc2c(N3CCN(c4cccc(C)c4C)CC3)nccn2n1. The number of aryl methyl sites for hydroxylation is 2. The van der Waals surface area contributed by atoms with Gasteiger partial charge in [0.05, 0.1) is 5.69 Å². The minimum Gasteiger partial charge on any atom is -0.368 e. The van der Waals surface area contributed by atoms with Crippen molar-refractivity contribution in [3.63, 3.8) is 0 Å². The Morgan fingerprint density at radius 1 is 0.800 bits per heavy atom. The molecule has 0 saturated carbocycles. The van der Waals surface area contributed by atoms with Crippen LogP contribution in [0.4, 0.5) is 11.5 Å². The van der Waals surface area contributed by atoms with Crippen LogP contribution in [0.5, 0.6) is 0 Å². The van der Waals surface area contributed by atoms with Crippen molar-refractivity contribution in [3.8, 4) is 11.3 Å². The molecule has 4 aromatic rings. The third kappa shape index (κ3) is 3.20. The van der Waals surface area contributed by atoms with E-state index < -0.39 is 0 Å². The van der Waals surface area contributed by atoms with Crippen LogP contribution in [0.2, 0.25) is 0 Å². The van der Waals surface area contributed by atoms with Crippen LogP contribution in [0.15, 0.2) is 60.9 Å². The second-order valence-electron chi connectivity index (χ2n) is 8.12. The Morgan fingerprint density at radius 3 is 2.33 bits per heavy atom. The van der Waals surface area contributed by atoms with E-state index in [1.54, 1.807) is 0 Å². The fourth-order valence-electron chi connectivity index (χ4n) is 4.38. The second-order valence-corrected chi connectivity index (χ2v) is 8.12. The Balaban J connectivity index is 1.42. The van der Waals surface area contributed by atoms with E-state index in [2.05, 4.69) is 79.1 Å². The number of fused-ring (bicyclic) bond motifs is 1. The summed E-state index contributed by atoms with van der Waals surface area (Å²) in [6, 6.07) is 17.1. The summed E-state index contributed by atoms with van der Waals surface area (Å²) in [5, 5.41) is 4.82. The summed E-state index contributed by atoms with van der Waals surface area (Å²) >= 11 is 0. The van der Waals surface area contributed by atoms with Gasteiger partial charge in [0.15, 0.2) is 5.82 Å². The van der Waals surface area contributed by atoms with Gasteiger partial charge in [0, 0.05) is 49.8 Å². The van der Waals surface area contributed by atoms with Crippen molar-refractivity contribution in [1.82, 2.24) is 14.6 Å². The second kappa shape index (κ2) is 7.48. The predicted octanol–water partition coefficient (Wildman–Crippen LogP) is 4.65. The first kappa shape index (κ1) is 18.7. The molecule has 0 N–H and O–H groups in total. The van der Waals surface area contributed by atoms with Gasteiger partial charge in [-0.15, -0.1) is 0 Å². The van der Waals surface area contributed by atoms with Gasteiger partial charge in [-0.05, 0) is 49.6 Å². The number of hydrogen-bond donors (Lipinski definition) is 0. The van der Waals surface area contributed by atoms with E-state index in [9.17, 15) is 0 Å². The lowest BCUT2D eigenvalue weighted by Crippen LogP contribution is -2.47. The Hall–Kier alpha value is -3.34. The molecule has 1 fully saturated rings. The quantitative estimate of drug-likeness (QED) is 0.504. The Kier molecular flexibility index (Phi) is 4.66. The smallest absolute Gasteiger partial charge is 0.154 e. The van der Waals surface area contributed by atoms with Gasteiger partial charge in [-0.25, -0.2) is 9.50 Å². The summed E-state index contributed by atoms with van der Waals surface area (Å²) in [5.41, 5.74) is 8.55. The first-order chi connectivity index (χ1) is 14.6. The molecule has 5 heteroatoms. The molecule has 0 aliphatic carbocycles. The van der Waals surface area contributed by atoms with Gasteiger partial charge in [0.1, 0.15) is 5.52 Å². The summed E-state index contributed by atoms with van der Waals surface area (Å²) in [6.45, 7) is 10.4. The highest BCUT2D eigenvalue weighted by atomic mass is 15.3.